The van der Waals surface area contributed by atoms with Crippen LogP contribution in [0.15, 0.2) is 41.7 Å². The normalized spacial score (nSPS) is 12.0. The number of anilines is 1. The Balaban J connectivity index is 1.74. The number of pyridine rings is 1. The Morgan fingerprint density at radius 3 is 2.35 bits per heavy atom. The van der Waals surface area contributed by atoms with E-state index in [0.29, 0.717) is 16.9 Å². The van der Waals surface area contributed by atoms with Crippen molar-refractivity contribution >= 4 is 41.7 Å². The fourth-order valence-corrected chi connectivity index (χ4v) is 3.49. The lowest BCUT2D eigenvalue weighted by atomic mass is 10.1. The molecule has 13 nitrogen and oxygen atoms in total. The number of nitrogens with one attached hydrogen (secondary N) is 2. The van der Waals surface area contributed by atoms with Crippen molar-refractivity contribution in [1.29, 1.82) is 0 Å². The molecule has 2 N–H and O–H groups in total. The Labute approximate surface area is 230 Å². The van der Waals surface area contributed by atoms with E-state index in [1.807, 2.05) is 0 Å². The van der Waals surface area contributed by atoms with Gasteiger partial charge in [-0.05, 0) is 84.4 Å². The largest absolute Gasteiger partial charge is 0.460 e. The summed E-state index contributed by atoms with van der Waals surface area (Å²) >= 11 is 0. The number of esters is 2. The number of nitrogens with zero attached hydrogens (tertiary/aromatic N) is 4. The molecule has 0 radical (unpaired) electrons. The second-order valence-corrected chi connectivity index (χ2v) is 10.7. The molecule has 0 aliphatic heterocycles. The summed E-state index contributed by atoms with van der Waals surface area (Å²) in [5.74, 6) is -1.08. The first-order chi connectivity index (χ1) is 18.6. The molecular weight excluding hydrogens is 520 g/mol. The summed E-state index contributed by atoms with van der Waals surface area (Å²) in [6, 6.07) is 7.84. The quantitative estimate of drug-likeness (QED) is 0.200. The molecule has 0 aliphatic carbocycles. The molecule has 0 saturated heterocycles. The molecule has 0 aliphatic rings. The molecule has 0 saturated carbocycles. The fourth-order valence-electron chi connectivity index (χ4n) is 3.49. The summed E-state index contributed by atoms with van der Waals surface area (Å²) in [6.45, 7) is 12.1. The molecule has 40 heavy (non-hydrogen) atoms. The van der Waals surface area contributed by atoms with E-state index in [4.69, 9.17) is 14.2 Å². The van der Waals surface area contributed by atoms with Gasteiger partial charge in [-0.15, -0.1) is 0 Å². The van der Waals surface area contributed by atoms with Crippen LogP contribution in [0.2, 0.25) is 0 Å². The van der Waals surface area contributed by atoms with Crippen molar-refractivity contribution in [3.05, 3.63) is 53.5 Å². The molecule has 212 valence electrons. The van der Waals surface area contributed by atoms with E-state index >= 15 is 0 Å². The standard InChI is InChI=1S/C27H32N6O7/c1-16-12-17(31-24(29-15-34)32-25(37)40-27(5,6)7)8-10-19(16)23(36)38-20-11-9-18(33-22(20)28-14-30-33)13-21(35)39-26(2,3)4/h8-12,14-15H,13H2,1-7H3,(H2,29,31,32,34,37). The number of hydrogen-bond acceptors (Lipinski definition) is 9. The van der Waals surface area contributed by atoms with E-state index in [0.717, 1.165) is 0 Å². The highest BCUT2D eigenvalue weighted by Gasteiger charge is 2.21. The van der Waals surface area contributed by atoms with Gasteiger partial charge in [-0.2, -0.15) is 10.1 Å². The molecule has 0 bridgehead atoms. The molecule has 0 atom stereocenters. The molecule has 3 rings (SSSR count). The van der Waals surface area contributed by atoms with Crippen LogP contribution < -0.4 is 15.4 Å². The Hall–Kier alpha value is -4.81. The van der Waals surface area contributed by atoms with E-state index in [1.165, 1.54) is 23.0 Å². The van der Waals surface area contributed by atoms with E-state index in [2.05, 4.69) is 25.7 Å². The average molecular weight is 553 g/mol. The van der Waals surface area contributed by atoms with Crippen LogP contribution in [0.3, 0.4) is 0 Å². The monoisotopic (exact) mass is 552 g/mol. The second kappa shape index (κ2) is 11.9. The average Bonchev–Trinajstić information content (AvgIpc) is 3.29. The number of aromatic nitrogens is 3. The third-order valence-electron chi connectivity index (χ3n) is 4.93. The lowest BCUT2D eigenvalue weighted by molar-refractivity contribution is -0.154. The molecule has 13 heteroatoms. The van der Waals surface area contributed by atoms with Gasteiger partial charge in [0, 0.05) is 5.69 Å². The van der Waals surface area contributed by atoms with E-state index in [9.17, 15) is 19.2 Å². The highest BCUT2D eigenvalue weighted by molar-refractivity contribution is 6.05. The van der Waals surface area contributed by atoms with Crippen LogP contribution >= 0.6 is 0 Å². The number of carbonyl (C=O) groups is 4. The van der Waals surface area contributed by atoms with Crippen molar-refractivity contribution in [1.82, 2.24) is 19.9 Å². The maximum absolute atomic E-state index is 13.0. The van der Waals surface area contributed by atoms with Crippen molar-refractivity contribution < 1.29 is 33.4 Å². The number of guanidine groups is 1. The number of amides is 2. The summed E-state index contributed by atoms with van der Waals surface area (Å²) < 4.78 is 17.6. The summed E-state index contributed by atoms with van der Waals surface area (Å²) in [4.78, 5) is 56.0. The maximum Gasteiger partial charge on any atom is 0.414 e. The van der Waals surface area contributed by atoms with E-state index in [1.54, 1.807) is 66.7 Å². The summed E-state index contributed by atoms with van der Waals surface area (Å²) in [6.07, 6.45) is 0.717. The summed E-state index contributed by atoms with van der Waals surface area (Å²) in [5.41, 5.74) is 0.637. The molecule has 3 aromatic rings. The SMILES string of the molecule is Cc1cc(N/C(=N/C=O)NC(=O)OC(C)(C)C)ccc1C(=O)Oc1ccc(CC(=O)OC(C)(C)C)n2ncnc12. The van der Waals surface area contributed by atoms with E-state index in [-0.39, 0.29) is 35.8 Å². The number of fused-ring (bicyclic) bond motifs is 1. The zero-order chi connectivity index (χ0) is 29.7. The van der Waals surface area contributed by atoms with Crippen LogP contribution in [0.5, 0.6) is 5.75 Å². The third kappa shape index (κ3) is 8.35. The van der Waals surface area contributed by atoms with Gasteiger partial charge in [0.05, 0.1) is 17.7 Å². The zero-order valence-corrected chi connectivity index (χ0v) is 23.4. The number of alkyl carbamates (subject to hydrolysis) is 1. The van der Waals surface area contributed by atoms with Crippen molar-refractivity contribution in [2.75, 3.05) is 5.32 Å². The van der Waals surface area contributed by atoms with Crippen molar-refractivity contribution in [3.8, 4) is 5.75 Å². The fraction of sp³-hybridized carbons (Fsp3) is 0.370. The first-order valence-electron chi connectivity index (χ1n) is 12.3. The number of carbonyl (C=O) groups excluding carboxylic acids is 4. The molecule has 0 fully saturated rings. The van der Waals surface area contributed by atoms with Gasteiger partial charge in [-0.25, -0.2) is 19.1 Å². The Morgan fingerprint density at radius 2 is 1.73 bits per heavy atom. The number of ether oxygens (including phenoxy) is 3. The first-order valence-corrected chi connectivity index (χ1v) is 12.3. The van der Waals surface area contributed by atoms with Gasteiger partial charge in [0.1, 0.15) is 17.5 Å². The van der Waals surface area contributed by atoms with Crippen molar-refractivity contribution in [2.45, 2.75) is 66.1 Å². The second-order valence-electron chi connectivity index (χ2n) is 10.7. The number of aliphatic imine (C=N–C) groups is 1. The smallest absolute Gasteiger partial charge is 0.414 e. The maximum atomic E-state index is 13.0. The Kier molecular flexibility index (Phi) is 8.87. The molecular formula is C27H32N6O7. The summed E-state index contributed by atoms with van der Waals surface area (Å²) in [7, 11) is 0. The van der Waals surface area contributed by atoms with Crippen LogP contribution in [-0.2, 0) is 25.5 Å². The minimum Gasteiger partial charge on any atom is -0.460 e. The van der Waals surface area contributed by atoms with Crippen molar-refractivity contribution in [3.63, 3.8) is 0 Å². The predicted molar refractivity (Wildman–Crippen MR) is 145 cm³/mol. The van der Waals surface area contributed by atoms with Gasteiger partial charge in [0.25, 0.3) is 0 Å². The molecule has 2 aromatic heterocycles. The molecule has 2 heterocycles. The number of aryl methyl sites for hydroxylation is 1. The lowest BCUT2D eigenvalue weighted by Crippen LogP contribution is -2.39. The Morgan fingerprint density at radius 1 is 1.02 bits per heavy atom. The molecule has 2 amide bonds. The van der Waals surface area contributed by atoms with Gasteiger partial charge >= 0.3 is 18.0 Å². The van der Waals surface area contributed by atoms with Gasteiger partial charge in [-0.1, -0.05) is 0 Å². The van der Waals surface area contributed by atoms with Crippen LogP contribution in [0, 0.1) is 6.92 Å². The summed E-state index contributed by atoms with van der Waals surface area (Å²) in [5, 5.41) is 9.31. The van der Waals surface area contributed by atoms with Crippen LogP contribution in [0.1, 0.15) is 63.2 Å². The minimum atomic E-state index is -0.797. The molecule has 0 spiro atoms. The minimum absolute atomic E-state index is 0.0445. The van der Waals surface area contributed by atoms with Gasteiger partial charge in [0.2, 0.25) is 12.4 Å². The highest BCUT2D eigenvalue weighted by atomic mass is 16.6. The number of benzene rings is 1. The van der Waals surface area contributed by atoms with Crippen LogP contribution in [-0.4, -0.2) is 56.2 Å². The number of hydrogen-bond donors (Lipinski definition) is 2. The van der Waals surface area contributed by atoms with Crippen LogP contribution in [0.4, 0.5) is 10.5 Å². The van der Waals surface area contributed by atoms with E-state index < -0.39 is 29.2 Å². The number of rotatable bonds is 6. The highest BCUT2D eigenvalue weighted by Crippen LogP contribution is 2.23. The van der Waals surface area contributed by atoms with Gasteiger partial charge < -0.3 is 19.5 Å². The van der Waals surface area contributed by atoms with Crippen molar-refractivity contribution in [2.24, 2.45) is 4.99 Å². The molecule has 0 unspecified atom stereocenters. The van der Waals surface area contributed by atoms with Crippen LogP contribution in [0.25, 0.3) is 5.65 Å². The topological polar surface area (TPSA) is 163 Å². The van der Waals surface area contributed by atoms with Gasteiger partial charge in [-0.3, -0.25) is 14.9 Å². The first kappa shape index (κ1) is 29.7. The predicted octanol–water partition coefficient (Wildman–Crippen LogP) is 3.59. The zero-order valence-electron chi connectivity index (χ0n) is 23.4. The third-order valence-corrected chi connectivity index (χ3v) is 4.93. The van der Waals surface area contributed by atoms with Gasteiger partial charge in [0.15, 0.2) is 11.4 Å². The lowest BCUT2D eigenvalue weighted by Gasteiger charge is -2.20. The molecule has 1 aromatic carbocycles. The Bertz CT molecular complexity index is 1460.